The summed E-state index contributed by atoms with van der Waals surface area (Å²) in [6.07, 6.45) is 7.17. The lowest BCUT2D eigenvalue weighted by Gasteiger charge is -2.45. The van der Waals surface area contributed by atoms with E-state index in [1.54, 1.807) is 0 Å². The van der Waals surface area contributed by atoms with Crippen molar-refractivity contribution in [1.29, 1.82) is 0 Å². The Balaban J connectivity index is 1.95. The van der Waals surface area contributed by atoms with Crippen molar-refractivity contribution in [3.63, 3.8) is 0 Å². The van der Waals surface area contributed by atoms with Gasteiger partial charge in [0.2, 0.25) is 0 Å². The van der Waals surface area contributed by atoms with Gasteiger partial charge in [-0.05, 0) is 45.1 Å². The summed E-state index contributed by atoms with van der Waals surface area (Å²) in [5, 5.41) is 3.51. The molecule has 2 heterocycles. The van der Waals surface area contributed by atoms with Crippen molar-refractivity contribution in [2.45, 2.75) is 57.1 Å². The lowest BCUT2D eigenvalue weighted by Crippen LogP contribution is -2.48. The van der Waals surface area contributed by atoms with Gasteiger partial charge in [-0.15, -0.1) is 0 Å². The second kappa shape index (κ2) is 6.17. The molecule has 100 valence electrons. The molecule has 1 spiro atoms. The van der Waals surface area contributed by atoms with Crippen LogP contribution in [0.15, 0.2) is 0 Å². The lowest BCUT2D eigenvalue weighted by molar-refractivity contribution is -0.150. The highest BCUT2D eigenvalue weighted by atomic mass is 16.5. The van der Waals surface area contributed by atoms with Gasteiger partial charge < -0.3 is 14.8 Å². The van der Waals surface area contributed by atoms with Crippen LogP contribution in [0.4, 0.5) is 0 Å². The molecule has 1 N–H and O–H groups in total. The second-order valence-electron chi connectivity index (χ2n) is 5.58. The van der Waals surface area contributed by atoms with E-state index in [4.69, 9.17) is 9.47 Å². The fourth-order valence-electron chi connectivity index (χ4n) is 3.43. The molecule has 2 atom stereocenters. The molecule has 0 aromatic heterocycles. The Labute approximate surface area is 105 Å². The Morgan fingerprint density at radius 2 is 2.06 bits per heavy atom. The number of hydrogen-bond acceptors (Lipinski definition) is 3. The third kappa shape index (κ3) is 3.21. The summed E-state index contributed by atoms with van der Waals surface area (Å²) < 4.78 is 11.6. The van der Waals surface area contributed by atoms with E-state index in [1.807, 2.05) is 0 Å². The third-order valence-corrected chi connectivity index (χ3v) is 4.47. The average molecular weight is 241 g/mol. The van der Waals surface area contributed by atoms with E-state index in [-0.39, 0.29) is 5.60 Å². The molecule has 17 heavy (non-hydrogen) atoms. The molecule has 2 rings (SSSR count). The number of nitrogens with one attached hydrogen (secondary N) is 1. The molecule has 0 bridgehead atoms. The van der Waals surface area contributed by atoms with E-state index >= 15 is 0 Å². The molecule has 0 saturated carbocycles. The van der Waals surface area contributed by atoms with Crippen molar-refractivity contribution in [2.24, 2.45) is 5.92 Å². The van der Waals surface area contributed by atoms with Gasteiger partial charge in [-0.3, -0.25) is 0 Å². The highest BCUT2D eigenvalue weighted by Crippen LogP contribution is 2.38. The zero-order chi connectivity index (χ0) is 12.1. The molecule has 3 heteroatoms. The maximum atomic E-state index is 6.10. The summed E-state index contributed by atoms with van der Waals surface area (Å²) in [5.41, 5.74) is 0.143. The van der Waals surface area contributed by atoms with Crippen molar-refractivity contribution in [1.82, 2.24) is 5.32 Å². The highest BCUT2D eigenvalue weighted by Gasteiger charge is 2.40. The van der Waals surface area contributed by atoms with Crippen LogP contribution in [-0.4, -0.2) is 38.5 Å². The van der Waals surface area contributed by atoms with Crippen LogP contribution < -0.4 is 5.32 Å². The van der Waals surface area contributed by atoms with Crippen LogP contribution in [0, 0.1) is 5.92 Å². The molecular formula is C14H27NO2. The van der Waals surface area contributed by atoms with E-state index < -0.39 is 0 Å². The zero-order valence-corrected chi connectivity index (χ0v) is 11.3. The second-order valence-corrected chi connectivity index (χ2v) is 5.58. The number of rotatable bonds is 4. The molecule has 2 unspecified atom stereocenters. The van der Waals surface area contributed by atoms with Crippen molar-refractivity contribution >= 4 is 0 Å². The first-order valence-corrected chi connectivity index (χ1v) is 7.18. The third-order valence-electron chi connectivity index (χ3n) is 4.47. The fraction of sp³-hybridized carbons (Fsp3) is 1.00. The van der Waals surface area contributed by atoms with Gasteiger partial charge in [-0.1, -0.05) is 13.3 Å². The molecule has 2 aliphatic rings. The van der Waals surface area contributed by atoms with Gasteiger partial charge >= 0.3 is 0 Å². The maximum Gasteiger partial charge on any atom is 0.0729 e. The Hall–Kier alpha value is -0.120. The zero-order valence-electron chi connectivity index (χ0n) is 11.3. The van der Waals surface area contributed by atoms with E-state index in [9.17, 15) is 0 Å². The molecule has 3 nitrogen and oxygen atoms in total. The molecule has 2 fully saturated rings. The van der Waals surface area contributed by atoms with Gasteiger partial charge in [0.15, 0.2) is 0 Å². The summed E-state index contributed by atoms with van der Waals surface area (Å²) in [6, 6.07) is 0.670. The van der Waals surface area contributed by atoms with Gasteiger partial charge in [0.05, 0.1) is 5.60 Å². The summed E-state index contributed by atoms with van der Waals surface area (Å²) >= 11 is 0. The van der Waals surface area contributed by atoms with Gasteiger partial charge in [-0.2, -0.15) is 0 Å². The van der Waals surface area contributed by atoms with Gasteiger partial charge in [0.1, 0.15) is 0 Å². The van der Waals surface area contributed by atoms with Crippen LogP contribution in [0.1, 0.15) is 45.4 Å². The summed E-state index contributed by atoms with van der Waals surface area (Å²) in [7, 11) is 2.10. The molecule has 0 amide bonds. The van der Waals surface area contributed by atoms with E-state index in [1.165, 1.54) is 25.7 Å². The maximum absolute atomic E-state index is 6.10. The minimum absolute atomic E-state index is 0.143. The van der Waals surface area contributed by atoms with Crippen molar-refractivity contribution in [3.8, 4) is 0 Å². The summed E-state index contributed by atoms with van der Waals surface area (Å²) in [6.45, 7) is 4.97. The van der Waals surface area contributed by atoms with E-state index in [0.717, 1.165) is 38.6 Å². The van der Waals surface area contributed by atoms with Crippen LogP contribution in [-0.2, 0) is 9.47 Å². The number of ether oxygens (including phenoxy) is 2. The first-order chi connectivity index (χ1) is 8.29. The molecule has 2 saturated heterocycles. The predicted octanol–water partition coefficient (Wildman–Crippen LogP) is 2.35. The Morgan fingerprint density at radius 1 is 1.29 bits per heavy atom. The molecule has 2 aliphatic heterocycles. The van der Waals surface area contributed by atoms with Crippen LogP contribution in [0.25, 0.3) is 0 Å². The highest BCUT2D eigenvalue weighted by molar-refractivity contribution is 4.92. The molecule has 0 radical (unpaired) electrons. The standard InChI is InChI=1S/C14H27NO2/c1-3-4-13(15-2)12-5-8-17-14(11-12)6-9-16-10-7-14/h12-13,15H,3-11H2,1-2H3. The normalized spacial score (nSPS) is 30.4. The van der Waals surface area contributed by atoms with Gasteiger partial charge in [0, 0.05) is 25.9 Å². The van der Waals surface area contributed by atoms with E-state index in [0.29, 0.717) is 6.04 Å². The number of hydrogen-bond donors (Lipinski definition) is 1. The smallest absolute Gasteiger partial charge is 0.0729 e. The predicted molar refractivity (Wildman–Crippen MR) is 69.2 cm³/mol. The molecule has 0 aromatic rings. The SMILES string of the molecule is CCCC(NC)C1CCOC2(CCOCC2)C1. The average Bonchev–Trinajstić information content (AvgIpc) is 2.37. The quantitative estimate of drug-likeness (QED) is 0.819. The first-order valence-electron chi connectivity index (χ1n) is 7.18. The van der Waals surface area contributed by atoms with Crippen LogP contribution in [0.2, 0.25) is 0 Å². The monoisotopic (exact) mass is 241 g/mol. The Bertz CT molecular complexity index is 221. The van der Waals surface area contributed by atoms with Gasteiger partial charge in [-0.25, -0.2) is 0 Å². The largest absolute Gasteiger partial charge is 0.381 e. The molecular weight excluding hydrogens is 214 g/mol. The van der Waals surface area contributed by atoms with Crippen LogP contribution >= 0.6 is 0 Å². The Morgan fingerprint density at radius 3 is 2.71 bits per heavy atom. The lowest BCUT2D eigenvalue weighted by atomic mass is 9.77. The van der Waals surface area contributed by atoms with Crippen molar-refractivity contribution in [2.75, 3.05) is 26.9 Å². The summed E-state index contributed by atoms with van der Waals surface area (Å²) in [5.74, 6) is 0.784. The van der Waals surface area contributed by atoms with E-state index in [2.05, 4.69) is 19.3 Å². The minimum Gasteiger partial charge on any atom is -0.381 e. The van der Waals surface area contributed by atoms with Gasteiger partial charge in [0.25, 0.3) is 0 Å². The fourth-order valence-corrected chi connectivity index (χ4v) is 3.43. The molecule has 0 aromatic carbocycles. The Kier molecular flexibility index (Phi) is 4.83. The summed E-state index contributed by atoms with van der Waals surface area (Å²) in [4.78, 5) is 0. The van der Waals surface area contributed by atoms with Crippen molar-refractivity contribution in [3.05, 3.63) is 0 Å². The van der Waals surface area contributed by atoms with Crippen molar-refractivity contribution < 1.29 is 9.47 Å². The topological polar surface area (TPSA) is 30.5 Å². The van der Waals surface area contributed by atoms with Crippen LogP contribution in [0.3, 0.4) is 0 Å². The first kappa shape index (κ1) is 13.3. The molecule has 0 aliphatic carbocycles. The van der Waals surface area contributed by atoms with Crippen LogP contribution in [0.5, 0.6) is 0 Å². The minimum atomic E-state index is 0.143.